The maximum atomic E-state index is 13.0. The molecule has 4 heterocycles. The molecule has 0 amide bonds. The van der Waals surface area contributed by atoms with E-state index in [9.17, 15) is 10.1 Å². The molecule has 0 spiro atoms. The van der Waals surface area contributed by atoms with Crippen LogP contribution in [0.5, 0.6) is 0 Å². The van der Waals surface area contributed by atoms with Crippen LogP contribution in [0.25, 0.3) is 22.0 Å². The van der Waals surface area contributed by atoms with Gasteiger partial charge in [0.15, 0.2) is 0 Å². The second kappa shape index (κ2) is 8.71. The van der Waals surface area contributed by atoms with Crippen LogP contribution in [0, 0.1) is 11.3 Å². The van der Waals surface area contributed by atoms with Gasteiger partial charge in [0.25, 0.3) is 5.56 Å². The molecular formula is C26H27N7O2. The van der Waals surface area contributed by atoms with Gasteiger partial charge in [-0.3, -0.25) is 9.36 Å². The molecule has 1 aromatic carbocycles. The van der Waals surface area contributed by atoms with Gasteiger partial charge in [-0.2, -0.15) is 10.2 Å². The molecule has 3 aromatic heterocycles. The molecule has 6 rings (SSSR count). The van der Waals surface area contributed by atoms with E-state index in [4.69, 9.17) is 9.40 Å². The van der Waals surface area contributed by atoms with Crippen molar-refractivity contribution in [3.8, 4) is 6.07 Å². The first kappa shape index (κ1) is 21.6. The van der Waals surface area contributed by atoms with Crippen LogP contribution in [0.15, 0.2) is 45.9 Å². The Bertz CT molecular complexity index is 1500. The van der Waals surface area contributed by atoms with Gasteiger partial charge in [-0.1, -0.05) is 12.8 Å². The number of furan rings is 1. The molecule has 178 valence electrons. The lowest BCUT2D eigenvalue weighted by Gasteiger charge is -2.33. The van der Waals surface area contributed by atoms with E-state index in [-0.39, 0.29) is 17.2 Å². The Kier molecular flexibility index (Phi) is 5.38. The van der Waals surface area contributed by atoms with Crippen molar-refractivity contribution in [3.05, 3.63) is 52.6 Å². The van der Waals surface area contributed by atoms with Gasteiger partial charge in [-0.25, -0.2) is 4.98 Å². The first-order chi connectivity index (χ1) is 17.1. The molecule has 1 N–H and O–H groups in total. The number of anilines is 3. The Balaban J connectivity index is 1.36. The molecule has 2 aliphatic rings. The quantitative estimate of drug-likeness (QED) is 0.478. The number of hydrogen-bond donors (Lipinski definition) is 1. The van der Waals surface area contributed by atoms with Gasteiger partial charge in [0.1, 0.15) is 29.1 Å². The summed E-state index contributed by atoms with van der Waals surface area (Å²) in [6, 6.07) is 9.64. The zero-order valence-corrected chi connectivity index (χ0v) is 19.7. The highest BCUT2D eigenvalue weighted by molar-refractivity contribution is 5.94. The fourth-order valence-corrected chi connectivity index (χ4v) is 5.28. The third-order valence-electron chi connectivity index (χ3n) is 7.24. The topological polar surface area (TPSA) is 103 Å². The molecule has 0 unspecified atom stereocenters. The van der Waals surface area contributed by atoms with Gasteiger partial charge >= 0.3 is 0 Å². The maximum absolute atomic E-state index is 13.0. The molecule has 35 heavy (non-hydrogen) atoms. The normalized spacial score (nSPS) is 17.3. The largest absolute Gasteiger partial charge is 0.462 e. The van der Waals surface area contributed by atoms with E-state index in [1.807, 2.05) is 24.5 Å². The lowest BCUT2D eigenvalue weighted by molar-refractivity contribution is 0.313. The minimum absolute atomic E-state index is 0.0643. The third-order valence-corrected chi connectivity index (χ3v) is 7.24. The lowest BCUT2D eigenvalue weighted by Crippen LogP contribution is -2.44. The Labute approximate surface area is 202 Å². The molecule has 9 nitrogen and oxygen atoms in total. The molecule has 1 saturated heterocycles. The lowest BCUT2D eigenvalue weighted by atomic mass is 10.2. The summed E-state index contributed by atoms with van der Waals surface area (Å²) in [5, 5.41) is 14.5. The molecule has 2 fully saturated rings. The summed E-state index contributed by atoms with van der Waals surface area (Å²) in [5.41, 5.74) is 3.21. The minimum atomic E-state index is -0.270. The Hall–Kier alpha value is -3.90. The summed E-state index contributed by atoms with van der Waals surface area (Å²) in [7, 11) is 2.14. The average molecular weight is 470 g/mol. The van der Waals surface area contributed by atoms with Gasteiger partial charge in [-0.15, -0.1) is 0 Å². The molecule has 0 atom stereocenters. The summed E-state index contributed by atoms with van der Waals surface area (Å²) < 4.78 is 7.53. The van der Waals surface area contributed by atoms with Gasteiger partial charge in [0.05, 0.1) is 5.69 Å². The number of hydrogen-bond acceptors (Lipinski definition) is 8. The summed E-state index contributed by atoms with van der Waals surface area (Å²) in [6.45, 7) is 3.96. The third kappa shape index (κ3) is 3.90. The van der Waals surface area contributed by atoms with Gasteiger partial charge in [0.2, 0.25) is 5.95 Å². The number of piperazine rings is 1. The van der Waals surface area contributed by atoms with Crippen molar-refractivity contribution in [2.24, 2.45) is 0 Å². The average Bonchev–Trinajstić information content (AvgIpc) is 3.54. The summed E-state index contributed by atoms with van der Waals surface area (Å²) in [5.74, 6) is 0.414. The van der Waals surface area contributed by atoms with Crippen molar-refractivity contribution in [1.29, 1.82) is 5.26 Å². The van der Waals surface area contributed by atoms with E-state index in [1.54, 1.807) is 16.8 Å². The molecule has 0 radical (unpaired) electrons. The number of nitrogens with one attached hydrogen (secondary N) is 1. The number of nitrogens with zero attached hydrogens (tertiary/aromatic N) is 6. The van der Waals surface area contributed by atoms with E-state index in [1.165, 1.54) is 0 Å². The fourth-order valence-electron chi connectivity index (χ4n) is 5.28. The summed E-state index contributed by atoms with van der Waals surface area (Å²) in [6.07, 6.45) is 7.51. The van der Waals surface area contributed by atoms with Crippen LogP contribution in [-0.4, -0.2) is 52.7 Å². The van der Waals surface area contributed by atoms with Crippen molar-refractivity contribution >= 4 is 39.3 Å². The van der Waals surface area contributed by atoms with E-state index in [0.717, 1.165) is 74.2 Å². The Morgan fingerprint density at radius 1 is 1.14 bits per heavy atom. The van der Waals surface area contributed by atoms with Crippen LogP contribution in [-0.2, 0) is 0 Å². The predicted octanol–water partition coefficient (Wildman–Crippen LogP) is 4.02. The highest BCUT2D eigenvalue weighted by Crippen LogP contribution is 2.33. The van der Waals surface area contributed by atoms with E-state index in [0.29, 0.717) is 17.0 Å². The van der Waals surface area contributed by atoms with Crippen molar-refractivity contribution < 1.29 is 4.42 Å². The van der Waals surface area contributed by atoms with E-state index >= 15 is 0 Å². The van der Waals surface area contributed by atoms with E-state index < -0.39 is 0 Å². The second-order valence-corrected chi connectivity index (χ2v) is 9.50. The van der Waals surface area contributed by atoms with Crippen LogP contribution >= 0.6 is 0 Å². The zero-order valence-electron chi connectivity index (χ0n) is 19.7. The molecular weight excluding hydrogens is 442 g/mol. The number of aromatic nitrogens is 3. The van der Waals surface area contributed by atoms with Gasteiger partial charge in [0, 0.05) is 54.9 Å². The SMILES string of the molecule is CN1CCN(c2coc3ccc(Nc4ncc5cc(C#N)c(=O)n(C6CCCC6)c5n4)cc23)CC1. The van der Waals surface area contributed by atoms with Crippen LogP contribution in [0.3, 0.4) is 0 Å². The van der Waals surface area contributed by atoms with Crippen LogP contribution in [0.1, 0.15) is 37.3 Å². The highest BCUT2D eigenvalue weighted by atomic mass is 16.3. The minimum Gasteiger partial charge on any atom is -0.462 e. The van der Waals surface area contributed by atoms with Crippen molar-refractivity contribution in [2.45, 2.75) is 31.7 Å². The number of benzene rings is 1. The Morgan fingerprint density at radius 2 is 1.94 bits per heavy atom. The maximum Gasteiger partial charge on any atom is 0.270 e. The Morgan fingerprint density at radius 3 is 2.71 bits per heavy atom. The predicted molar refractivity (Wildman–Crippen MR) is 135 cm³/mol. The molecule has 0 bridgehead atoms. The van der Waals surface area contributed by atoms with Crippen LogP contribution in [0.2, 0.25) is 0 Å². The molecule has 9 heteroatoms. The zero-order chi connectivity index (χ0) is 23.9. The molecule has 4 aromatic rings. The van der Waals surface area contributed by atoms with Crippen molar-refractivity contribution in [1.82, 2.24) is 19.4 Å². The number of nitriles is 1. The number of rotatable bonds is 4. The summed E-state index contributed by atoms with van der Waals surface area (Å²) >= 11 is 0. The molecule has 1 aliphatic carbocycles. The van der Waals surface area contributed by atoms with Crippen LogP contribution < -0.4 is 15.8 Å². The highest BCUT2D eigenvalue weighted by Gasteiger charge is 2.23. The van der Waals surface area contributed by atoms with E-state index in [2.05, 4.69) is 33.2 Å². The first-order valence-corrected chi connectivity index (χ1v) is 12.1. The molecule has 1 aliphatic heterocycles. The van der Waals surface area contributed by atoms with Crippen LogP contribution in [0.4, 0.5) is 17.3 Å². The van der Waals surface area contributed by atoms with Crippen molar-refractivity contribution in [2.75, 3.05) is 43.4 Å². The monoisotopic (exact) mass is 469 g/mol. The smallest absolute Gasteiger partial charge is 0.270 e. The van der Waals surface area contributed by atoms with Gasteiger partial charge < -0.3 is 19.5 Å². The van der Waals surface area contributed by atoms with Crippen molar-refractivity contribution in [3.63, 3.8) is 0 Å². The number of pyridine rings is 1. The number of likely N-dealkylation sites (N-methyl/N-ethyl adjacent to an activating group) is 1. The second-order valence-electron chi connectivity index (χ2n) is 9.50. The van der Waals surface area contributed by atoms with Gasteiger partial charge in [-0.05, 0) is 44.2 Å². The molecule has 1 saturated carbocycles. The fraction of sp³-hybridized carbons (Fsp3) is 0.385. The number of fused-ring (bicyclic) bond motifs is 2. The summed E-state index contributed by atoms with van der Waals surface area (Å²) in [4.78, 5) is 26.9. The first-order valence-electron chi connectivity index (χ1n) is 12.1. The standard InChI is InChI=1S/C26H27N7O2/c1-31-8-10-32(11-9-31)22-16-35-23-7-6-19(13-21(22)23)29-26-28-15-18-12-17(14-27)25(34)33(24(18)30-26)20-4-2-3-5-20/h6-7,12-13,15-16,20H,2-5,8-11H2,1H3,(H,28,29,30).